The minimum absolute atomic E-state index is 0.0733. The van der Waals surface area contributed by atoms with Crippen LogP contribution < -0.4 is 11.1 Å². The molecule has 186 valence electrons. The number of nitrogens with one attached hydrogen (secondary N) is 1. The smallest absolute Gasteiger partial charge is 0.321 e. The highest BCUT2D eigenvalue weighted by molar-refractivity contribution is 8.13. The first-order valence-corrected chi connectivity index (χ1v) is 13.6. The monoisotopic (exact) mass is 480 g/mol. The van der Waals surface area contributed by atoms with E-state index in [-0.39, 0.29) is 34.5 Å². The lowest BCUT2D eigenvalue weighted by Crippen LogP contribution is -2.55. The molecule has 0 aromatic rings. The van der Waals surface area contributed by atoms with Gasteiger partial charge in [0.05, 0.1) is 0 Å². The fourth-order valence-corrected chi connectivity index (χ4v) is 8.90. The number of fused-ring (bicyclic) bond motifs is 5. The van der Waals surface area contributed by atoms with Gasteiger partial charge in [0, 0.05) is 24.1 Å². The van der Waals surface area contributed by atoms with Gasteiger partial charge in [0.1, 0.15) is 12.1 Å². The number of rotatable bonds is 5. The predicted octanol–water partition coefficient (Wildman–Crippen LogP) is 4.18. The average molecular weight is 481 g/mol. The number of hydrogen-bond acceptors (Lipinski definition) is 6. The summed E-state index contributed by atoms with van der Waals surface area (Å²) in [6.45, 7) is 6.39. The summed E-state index contributed by atoms with van der Waals surface area (Å²) in [4.78, 5) is 34.9. The van der Waals surface area contributed by atoms with Gasteiger partial charge in [-0.2, -0.15) is 0 Å². The van der Waals surface area contributed by atoms with E-state index in [1.807, 2.05) is 0 Å². The topological polar surface area (TPSA) is 119 Å². The van der Waals surface area contributed by atoms with Crippen molar-refractivity contribution in [3.63, 3.8) is 0 Å². The lowest BCUT2D eigenvalue weighted by Gasteiger charge is -2.61. The van der Waals surface area contributed by atoms with Crippen molar-refractivity contribution in [1.82, 2.24) is 5.32 Å². The quantitative estimate of drug-likeness (QED) is 0.505. The molecule has 1 amide bonds. The van der Waals surface area contributed by atoms with Crippen molar-refractivity contribution < 1.29 is 24.2 Å². The fraction of sp³-hybridized carbons (Fsp3) is 0.880. The highest BCUT2D eigenvalue weighted by atomic mass is 32.2. The van der Waals surface area contributed by atoms with Crippen LogP contribution in [-0.4, -0.2) is 46.2 Å². The molecule has 0 saturated heterocycles. The van der Waals surface area contributed by atoms with E-state index in [1.165, 1.54) is 32.6 Å². The number of carbonyl (C=O) groups excluding carboxylic acids is 2. The molecule has 4 saturated carbocycles. The van der Waals surface area contributed by atoms with Crippen molar-refractivity contribution in [1.29, 1.82) is 0 Å². The van der Waals surface area contributed by atoms with Crippen molar-refractivity contribution in [2.24, 2.45) is 40.2 Å². The van der Waals surface area contributed by atoms with Crippen LogP contribution in [0.5, 0.6) is 0 Å². The van der Waals surface area contributed by atoms with Crippen LogP contribution in [0.4, 0.5) is 4.79 Å². The summed E-state index contributed by atoms with van der Waals surface area (Å²) < 4.78 is 5.77. The zero-order valence-corrected chi connectivity index (χ0v) is 21.0. The molecule has 0 unspecified atom stereocenters. The second-order valence-corrected chi connectivity index (χ2v) is 12.5. The maximum atomic E-state index is 12.3. The first kappa shape index (κ1) is 24.8. The molecular formula is C25H40N2O5S. The molecule has 0 heterocycles. The van der Waals surface area contributed by atoms with Crippen molar-refractivity contribution in [2.45, 2.75) is 96.7 Å². The molecule has 33 heavy (non-hydrogen) atoms. The number of nitrogens with two attached hydrogens (primary N) is 1. The van der Waals surface area contributed by atoms with Crippen LogP contribution in [0, 0.1) is 34.5 Å². The molecule has 0 radical (unpaired) electrons. The van der Waals surface area contributed by atoms with Gasteiger partial charge < -0.3 is 20.9 Å². The van der Waals surface area contributed by atoms with Gasteiger partial charge in [-0.3, -0.25) is 14.4 Å². The largest absolute Gasteiger partial charge is 0.480 e. The molecule has 9 atom stereocenters. The number of esters is 1. The molecule has 0 aromatic heterocycles. The van der Waals surface area contributed by atoms with Crippen LogP contribution in [0.15, 0.2) is 0 Å². The number of thioether (sulfide) groups is 1. The van der Waals surface area contributed by atoms with Gasteiger partial charge in [0.25, 0.3) is 5.24 Å². The maximum absolute atomic E-state index is 12.3. The van der Waals surface area contributed by atoms with Crippen LogP contribution >= 0.6 is 11.8 Å². The van der Waals surface area contributed by atoms with E-state index in [2.05, 4.69) is 19.2 Å². The normalized spacial score (nSPS) is 42.9. The van der Waals surface area contributed by atoms with Crippen LogP contribution in [-0.2, 0) is 14.3 Å². The summed E-state index contributed by atoms with van der Waals surface area (Å²) in [5.41, 5.74) is 5.95. The minimum atomic E-state index is -1.08. The second kappa shape index (κ2) is 9.40. The lowest BCUT2D eigenvalue weighted by molar-refractivity contribution is -0.161. The number of amides is 1. The molecule has 0 spiro atoms. The molecule has 4 fully saturated rings. The molecule has 4 aliphatic rings. The Morgan fingerprint density at radius 1 is 1.06 bits per heavy atom. The minimum Gasteiger partial charge on any atom is -0.480 e. The Balaban J connectivity index is 1.36. The van der Waals surface area contributed by atoms with E-state index in [9.17, 15) is 14.4 Å². The number of hydrogen-bond donors (Lipinski definition) is 3. The van der Waals surface area contributed by atoms with Crippen LogP contribution in [0.3, 0.4) is 0 Å². The summed E-state index contributed by atoms with van der Waals surface area (Å²) in [6, 6.07) is -0.854. The van der Waals surface area contributed by atoms with Gasteiger partial charge in [-0.05, 0) is 86.9 Å². The Morgan fingerprint density at radius 2 is 1.76 bits per heavy atom. The predicted molar refractivity (Wildman–Crippen MR) is 128 cm³/mol. The van der Waals surface area contributed by atoms with Crippen LogP contribution in [0.25, 0.3) is 0 Å². The summed E-state index contributed by atoms with van der Waals surface area (Å²) in [6.07, 6.45) is 10.1. The van der Waals surface area contributed by atoms with E-state index in [1.54, 1.807) is 0 Å². The third-order valence-corrected chi connectivity index (χ3v) is 10.8. The van der Waals surface area contributed by atoms with Crippen LogP contribution in [0.1, 0.15) is 78.6 Å². The Labute approximate surface area is 201 Å². The van der Waals surface area contributed by atoms with E-state index in [0.29, 0.717) is 29.1 Å². The highest BCUT2D eigenvalue weighted by Gasteiger charge is 2.61. The molecule has 4 aliphatic carbocycles. The summed E-state index contributed by atoms with van der Waals surface area (Å²) in [5, 5.41) is 11.9. The Morgan fingerprint density at radius 3 is 2.45 bits per heavy atom. The SMILES string of the molecule is CC(=O)O[C@@H]1CC[C@H]2[C@@H]3CC[C@H]4C[C@@H](NC(=O)SC[C@H](N)C(=O)O)CC[C@]4(C)[C@H]3CC[C@]12C. The van der Waals surface area contributed by atoms with E-state index < -0.39 is 12.0 Å². The molecule has 0 aromatic carbocycles. The van der Waals surface area contributed by atoms with Gasteiger partial charge in [-0.1, -0.05) is 25.6 Å². The van der Waals surface area contributed by atoms with E-state index in [0.717, 1.165) is 43.9 Å². The standard InChI is InChI=1S/C25H40N2O5S/c1-14(28)32-21-7-6-18-17-5-4-15-12-16(27-23(31)33-13-20(26)22(29)30)8-10-24(15,2)19(17)9-11-25(18,21)3/h15-21H,4-13,26H2,1-3H3,(H,27,31)(H,29,30)/t15-,16-,17-,18-,19-,20-,21+,24-,25-/m0/s1. The number of carboxylic acid groups (broad SMARTS) is 1. The summed E-state index contributed by atoms with van der Waals surface area (Å²) in [5.74, 6) is 1.54. The van der Waals surface area contributed by atoms with Gasteiger partial charge in [0.2, 0.25) is 0 Å². The Bertz CT molecular complexity index is 793. The van der Waals surface area contributed by atoms with Crippen molar-refractivity contribution in [3.8, 4) is 0 Å². The van der Waals surface area contributed by atoms with Gasteiger partial charge in [-0.25, -0.2) is 0 Å². The summed E-state index contributed by atoms with van der Waals surface area (Å²) in [7, 11) is 0. The number of aliphatic carboxylic acids is 1. The number of ether oxygens (including phenoxy) is 1. The van der Waals surface area contributed by atoms with Crippen LogP contribution in [0.2, 0.25) is 0 Å². The fourth-order valence-electron chi connectivity index (χ4n) is 8.18. The van der Waals surface area contributed by atoms with E-state index >= 15 is 0 Å². The molecule has 4 rings (SSSR count). The van der Waals surface area contributed by atoms with E-state index in [4.69, 9.17) is 15.6 Å². The first-order valence-electron chi connectivity index (χ1n) is 12.6. The third-order valence-electron chi connectivity index (χ3n) is 9.92. The van der Waals surface area contributed by atoms with Crippen molar-refractivity contribution in [3.05, 3.63) is 0 Å². The highest BCUT2D eigenvalue weighted by Crippen LogP contribution is 2.66. The van der Waals surface area contributed by atoms with Gasteiger partial charge in [0.15, 0.2) is 0 Å². The van der Waals surface area contributed by atoms with Gasteiger partial charge >= 0.3 is 11.9 Å². The maximum Gasteiger partial charge on any atom is 0.321 e. The lowest BCUT2D eigenvalue weighted by atomic mass is 9.45. The third kappa shape index (κ3) is 4.66. The molecule has 8 heteroatoms. The zero-order chi connectivity index (χ0) is 24.0. The molecular weight excluding hydrogens is 440 g/mol. The zero-order valence-electron chi connectivity index (χ0n) is 20.2. The first-order chi connectivity index (χ1) is 15.5. The summed E-state index contributed by atoms with van der Waals surface area (Å²) >= 11 is 0.976. The number of carboxylic acids is 1. The molecule has 4 N–H and O–H groups in total. The number of carbonyl (C=O) groups is 3. The Hall–Kier alpha value is -1.28. The molecule has 0 bridgehead atoms. The van der Waals surface area contributed by atoms with Crippen molar-refractivity contribution in [2.75, 3.05) is 5.75 Å². The molecule has 0 aliphatic heterocycles. The molecule has 7 nitrogen and oxygen atoms in total. The Kier molecular flexibility index (Phi) is 7.08. The average Bonchev–Trinajstić information content (AvgIpc) is 3.08. The van der Waals surface area contributed by atoms with Gasteiger partial charge in [-0.15, -0.1) is 0 Å². The second-order valence-electron chi connectivity index (χ2n) is 11.5. The van der Waals surface area contributed by atoms with Crippen molar-refractivity contribution >= 4 is 28.9 Å².